The number of nitrogens with zero attached hydrogens (tertiary/aromatic N) is 4. The van der Waals surface area contributed by atoms with Crippen molar-refractivity contribution < 1.29 is 4.79 Å². The van der Waals surface area contributed by atoms with Crippen LogP contribution in [0.25, 0.3) is 0 Å². The number of aromatic nitrogens is 3. The lowest BCUT2D eigenvalue weighted by molar-refractivity contribution is -0.131. The zero-order valence-corrected chi connectivity index (χ0v) is 17.5. The molecular formula is C20H26ClN5OS. The second kappa shape index (κ2) is 8.43. The van der Waals surface area contributed by atoms with Crippen LogP contribution < -0.4 is 5.32 Å². The molecule has 0 spiro atoms. The molecule has 2 aromatic rings. The third-order valence-corrected chi connectivity index (χ3v) is 7.27. The highest BCUT2D eigenvalue weighted by Crippen LogP contribution is 2.39. The molecular weight excluding hydrogens is 394 g/mol. The Morgan fingerprint density at radius 3 is 2.82 bits per heavy atom. The lowest BCUT2D eigenvalue weighted by Crippen LogP contribution is -2.41. The van der Waals surface area contributed by atoms with Gasteiger partial charge in [-0.25, -0.2) is 0 Å². The van der Waals surface area contributed by atoms with Crippen LogP contribution >= 0.6 is 24.2 Å². The maximum absolute atomic E-state index is 13.2. The summed E-state index contributed by atoms with van der Waals surface area (Å²) in [5, 5.41) is 12.1. The fourth-order valence-corrected chi connectivity index (χ4v) is 5.81. The molecule has 0 bridgehead atoms. The van der Waals surface area contributed by atoms with Crippen molar-refractivity contribution in [2.24, 2.45) is 0 Å². The van der Waals surface area contributed by atoms with Gasteiger partial charge in [-0.2, -0.15) is 0 Å². The van der Waals surface area contributed by atoms with E-state index in [0.29, 0.717) is 5.92 Å². The van der Waals surface area contributed by atoms with E-state index in [-0.39, 0.29) is 23.6 Å². The van der Waals surface area contributed by atoms with Crippen LogP contribution in [0, 0.1) is 0 Å². The van der Waals surface area contributed by atoms with Crippen LogP contribution in [0.3, 0.4) is 0 Å². The average molecular weight is 420 g/mol. The predicted octanol–water partition coefficient (Wildman–Crippen LogP) is 2.54. The van der Waals surface area contributed by atoms with Crippen LogP contribution in [-0.4, -0.2) is 51.0 Å². The molecule has 3 aliphatic rings. The minimum absolute atomic E-state index is 0. The number of halogens is 1. The first-order chi connectivity index (χ1) is 13.3. The summed E-state index contributed by atoms with van der Waals surface area (Å²) in [5.41, 5.74) is 2.56. The number of likely N-dealkylation sites (tertiary alicyclic amines) is 1. The maximum Gasteiger partial charge on any atom is 0.240 e. The van der Waals surface area contributed by atoms with E-state index in [2.05, 4.69) is 49.2 Å². The average Bonchev–Trinajstić information content (AvgIpc) is 3.17. The molecule has 3 aliphatic heterocycles. The first kappa shape index (κ1) is 19.7. The fraction of sp³-hybridized carbons (Fsp3) is 0.550. The molecule has 1 N–H and O–H groups in total. The van der Waals surface area contributed by atoms with Gasteiger partial charge in [0.25, 0.3) is 0 Å². The molecule has 0 radical (unpaired) electrons. The highest BCUT2D eigenvalue weighted by Gasteiger charge is 2.34. The molecule has 150 valence electrons. The van der Waals surface area contributed by atoms with E-state index < -0.39 is 0 Å². The van der Waals surface area contributed by atoms with Gasteiger partial charge in [-0.15, -0.1) is 34.4 Å². The van der Waals surface area contributed by atoms with Crippen LogP contribution in [0.4, 0.5) is 0 Å². The van der Waals surface area contributed by atoms with Crippen molar-refractivity contribution >= 4 is 30.1 Å². The second-order valence-corrected chi connectivity index (χ2v) is 8.82. The molecule has 6 nitrogen and oxygen atoms in total. The van der Waals surface area contributed by atoms with Crippen LogP contribution in [0.2, 0.25) is 0 Å². The first-order valence-corrected chi connectivity index (χ1v) is 11.0. The van der Waals surface area contributed by atoms with Gasteiger partial charge in [0.1, 0.15) is 16.9 Å². The number of carbonyl (C=O) groups excluding carboxylic acids is 1. The number of piperidine rings is 1. The zero-order valence-electron chi connectivity index (χ0n) is 15.8. The summed E-state index contributed by atoms with van der Waals surface area (Å²) in [7, 11) is 0. The largest absolute Gasteiger partial charge is 0.341 e. The van der Waals surface area contributed by atoms with E-state index in [1.165, 1.54) is 11.1 Å². The van der Waals surface area contributed by atoms with E-state index in [4.69, 9.17) is 0 Å². The zero-order chi connectivity index (χ0) is 18.2. The molecule has 1 aromatic heterocycles. The van der Waals surface area contributed by atoms with Gasteiger partial charge in [0, 0.05) is 32.1 Å². The van der Waals surface area contributed by atoms with Crippen LogP contribution in [0.5, 0.6) is 0 Å². The Balaban J connectivity index is 0.00000192. The van der Waals surface area contributed by atoms with E-state index >= 15 is 0 Å². The summed E-state index contributed by atoms with van der Waals surface area (Å²) in [6.07, 6.45) is 3.03. The number of carbonyl (C=O) groups is 1. The Kier molecular flexibility index (Phi) is 5.94. The van der Waals surface area contributed by atoms with Gasteiger partial charge < -0.3 is 14.8 Å². The minimum Gasteiger partial charge on any atom is -0.341 e. The Morgan fingerprint density at radius 1 is 1.14 bits per heavy atom. The highest BCUT2D eigenvalue weighted by molar-refractivity contribution is 8.00. The summed E-state index contributed by atoms with van der Waals surface area (Å²) in [6.45, 7) is 4.38. The van der Waals surface area contributed by atoms with Crippen molar-refractivity contribution in [1.82, 2.24) is 25.0 Å². The number of amides is 1. The summed E-state index contributed by atoms with van der Waals surface area (Å²) in [4.78, 5) is 15.3. The lowest BCUT2D eigenvalue weighted by atomic mass is 9.94. The van der Waals surface area contributed by atoms with Crippen LogP contribution in [0.1, 0.15) is 46.8 Å². The van der Waals surface area contributed by atoms with E-state index in [0.717, 1.165) is 69.4 Å². The third kappa shape index (κ3) is 3.55. The number of hydrogen-bond acceptors (Lipinski definition) is 5. The van der Waals surface area contributed by atoms with Crippen LogP contribution in [-0.2, 0) is 24.3 Å². The number of benzene rings is 1. The molecule has 1 amide bonds. The van der Waals surface area contributed by atoms with Gasteiger partial charge >= 0.3 is 0 Å². The second-order valence-electron chi connectivity index (χ2n) is 7.60. The van der Waals surface area contributed by atoms with E-state index in [1.54, 1.807) is 11.8 Å². The molecule has 28 heavy (non-hydrogen) atoms. The number of thioether (sulfide) groups is 1. The minimum atomic E-state index is -0.0292. The quantitative estimate of drug-likeness (QED) is 0.810. The van der Waals surface area contributed by atoms with Gasteiger partial charge in [-0.1, -0.05) is 24.3 Å². The number of rotatable bonds is 2. The molecule has 1 saturated heterocycles. The molecule has 0 saturated carbocycles. The van der Waals surface area contributed by atoms with Crippen molar-refractivity contribution in [1.29, 1.82) is 0 Å². The Morgan fingerprint density at radius 2 is 1.96 bits per heavy atom. The maximum atomic E-state index is 13.2. The molecule has 1 aromatic carbocycles. The lowest BCUT2D eigenvalue weighted by Gasteiger charge is -2.35. The van der Waals surface area contributed by atoms with Gasteiger partial charge in [0.15, 0.2) is 0 Å². The molecule has 4 heterocycles. The number of fused-ring (bicyclic) bond motifs is 2. The van der Waals surface area contributed by atoms with Crippen molar-refractivity contribution in [3.63, 3.8) is 0 Å². The topological polar surface area (TPSA) is 63.1 Å². The van der Waals surface area contributed by atoms with Gasteiger partial charge in [-0.05, 0) is 36.1 Å². The van der Waals surface area contributed by atoms with Gasteiger partial charge in [-0.3, -0.25) is 4.79 Å². The first-order valence-electron chi connectivity index (χ1n) is 9.92. The molecule has 5 rings (SSSR count). The van der Waals surface area contributed by atoms with Crippen molar-refractivity contribution in [2.75, 3.05) is 25.4 Å². The van der Waals surface area contributed by atoms with Gasteiger partial charge in [0.05, 0.1) is 6.54 Å². The molecule has 1 atom stereocenters. The predicted molar refractivity (Wildman–Crippen MR) is 113 cm³/mol. The summed E-state index contributed by atoms with van der Waals surface area (Å²) < 4.78 is 2.28. The summed E-state index contributed by atoms with van der Waals surface area (Å²) >= 11 is 1.80. The van der Waals surface area contributed by atoms with E-state index in [1.807, 2.05) is 0 Å². The molecule has 8 heteroatoms. The third-order valence-electron chi connectivity index (χ3n) is 6.04. The van der Waals surface area contributed by atoms with Crippen molar-refractivity contribution in [3.05, 3.63) is 47.0 Å². The molecule has 1 unspecified atom stereocenters. The standard InChI is InChI=1S/C20H25N5OS.ClH/c26-20(18-16-4-2-1-3-14(16)7-12-27-18)24-9-5-15(6-10-24)19-23-22-17-13-21-8-11-25(17)19;/h1-4,15,18,21H,5-13H2;1H. The molecule has 0 aliphatic carbocycles. The summed E-state index contributed by atoms with van der Waals surface area (Å²) in [6, 6.07) is 8.44. The van der Waals surface area contributed by atoms with Crippen LogP contribution in [0.15, 0.2) is 24.3 Å². The number of aryl methyl sites for hydroxylation is 1. The van der Waals surface area contributed by atoms with Gasteiger partial charge in [0.2, 0.25) is 5.91 Å². The Labute approximate surface area is 175 Å². The SMILES string of the molecule is Cl.O=C(C1SCCc2ccccc21)N1CCC(c2nnc3n2CCNC3)CC1. The van der Waals surface area contributed by atoms with E-state index in [9.17, 15) is 4.79 Å². The number of nitrogens with one attached hydrogen (secondary N) is 1. The summed E-state index contributed by atoms with van der Waals surface area (Å²) in [5.74, 6) is 3.91. The number of hydrogen-bond donors (Lipinski definition) is 1. The van der Waals surface area contributed by atoms with Crippen molar-refractivity contribution in [2.45, 2.75) is 43.5 Å². The monoisotopic (exact) mass is 419 g/mol. The smallest absolute Gasteiger partial charge is 0.240 e. The normalized spacial score (nSPS) is 22.1. The van der Waals surface area contributed by atoms with Crippen molar-refractivity contribution in [3.8, 4) is 0 Å². The highest BCUT2D eigenvalue weighted by atomic mass is 35.5. The molecule has 1 fully saturated rings. The fourth-order valence-electron chi connectivity index (χ4n) is 4.54. The Bertz CT molecular complexity index is 849. The Hall–Kier alpha value is -1.57.